The van der Waals surface area contributed by atoms with Gasteiger partial charge in [-0.3, -0.25) is 9.69 Å². The van der Waals surface area contributed by atoms with Crippen molar-refractivity contribution in [2.75, 3.05) is 18.6 Å². The maximum Gasteiger partial charge on any atom is 0.417 e. The molecule has 0 spiro atoms. The van der Waals surface area contributed by atoms with Crippen molar-refractivity contribution in [2.24, 2.45) is 0 Å². The first-order valence-electron chi connectivity index (χ1n) is 6.37. The van der Waals surface area contributed by atoms with E-state index < -0.39 is 35.4 Å². The molecule has 2 rings (SSSR count). The molecule has 23 heavy (non-hydrogen) atoms. The molecule has 1 heterocycles. The summed E-state index contributed by atoms with van der Waals surface area (Å²) in [5.41, 5.74) is -3.47. The average Bonchev–Trinajstić information content (AvgIpc) is 2.67. The number of amides is 1. The van der Waals surface area contributed by atoms with Crippen molar-refractivity contribution in [3.8, 4) is 6.07 Å². The summed E-state index contributed by atoms with van der Waals surface area (Å²) >= 11 is 5.05. The first kappa shape index (κ1) is 17.1. The van der Waals surface area contributed by atoms with Gasteiger partial charge in [-0.05, 0) is 37.3 Å². The highest BCUT2D eigenvalue weighted by Crippen LogP contribution is 2.37. The lowest BCUT2D eigenvalue weighted by Gasteiger charge is -2.25. The Morgan fingerprint density at radius 3 is 2.43 bits per heavy atom. The smallest absolute Gasteiger partial charge is 0.335 e. The number of rotatable bonds is 2. The first-order chi connectivity index (χ1) is 10.6. The van der Waals surface area contributed by atoms with Gasteiger partial charge in [0.15, 0.2) is 5.11 Å². The Balaban J connectivity index is 2.58. The molecular weight excluding hydrogens is 334 g/mol. The fourth-order valence-corrected chi connectivity index (χ4v) is 2.60. The number of carbonyl (C=O) groups is 1. The molecule has 4 nitrogen and oxygen atoms in total. The Labute approximate surface area is 134 Å². The van der Waals surface area contributed by atoms with Crippen LogP contribution in [-0.2, 0) is 11.0 Å². The largest absolute Gasteiger partial charge is 0.417 e. The van der Waals surface area contributed by atoms with Gasteiger partial charge in [-0.15, -0.1) is 0 Å². The van der Waals surface area contributed by atoms with Crippen LogP contribution >= 0.6 is 12.2 Å². The molecule has 1 amide bonds. The lowest BCUT2D eigenvalue weighted by atomic mass is 10.0. The Bertz CT molecular complexity index is 728. The Hall–Kier alpha value is -2.21. The Morgan fingerprint density at radius 1 is 1.39 bits per heavy atom. The number of hydrogen-bond donors (Lipinski definition) is 0. The van der Waals surface area contributed by atoms with Crippen LogP contribution in [0.4, 0.5) is 23.2 Å². The molecule has 1 aromatic rings. The average molecular weight is 345 g/mol. The van der Waals surface area contributed by atoms with Crippen LogP contribution in [0.15, 0.2) is 18.2 Å². The van der Waals surface area contributed by atoms with E-state index in [9.17, 15) is 22.4 Å². The van der Waals surface area contributed by atoms with Gasteiger partial charge in [0.25, 0.3) is 5.91 Å². The van der Waals surface area contributed by atoms with E-state index in [-0.39, 0.29) is 10.8 Å². The van der Waals surface area contributed by atoms with E-state index in [0.29, 0.717) is 6.07 Å². The number of hydrogen-bond acceptors (Lipinski definition) is 3. The first-order valence-corrected chi connectivity index (χ1v) is 6.78. The van der Waals surface area contributed by atoms with E-state index in [1.165, 1.54) is 31.0 Å². The van der Waals surface area contributed by atoms with Crippen molar-refractivity contribution in [3.05, 3.63) is 29.3 Å². The Kier molecular flexibility index (Phi) is 4.07. The number of alkyl halides is 4. The summed E-state index contributed by atoms with van der Waals surface area (Å²) in [7, 11) is 1.40. The standard InChI is InChI=1S/C14H11F4N3OS/c1-13(7-15)11(22)21(12(23)20(13)2)9-4-3-8(6-19)10(5-9)14(16,17)18/h3-5H,7H2,1-2H3. The van der Waals surface area contributed by atoms with Gasteiger partial charge in [0.2, 0.25) is 0 Å². The third-order valence-electron chi connectivity index (χ3n) is 3.83. The van der Waals surface area contributed by atoms with E-state index >= 15 is 0 Å². The summed E-state index contributed by atoms with van der Waals surface area (Å²) in [6, 6.07) is 4.25. The molecule has 9 heteroatoms. The van der Waals surface area contributed by atoms with Crippen LogP contribution < -0.4 is 4.90 Å². The summed E-state index contributed by atoms with van der Waals surface area (Å²) in [6.07, 6.45) is -4.76. The van der Waals surface area contributed by atoms with Crippen molar-refractivity contribution in [2.45, 2.75) is 18.6 Å². The van der Waals surface area contributed by atoms with Crippen LogP contribution in [0, 0.1) is 11.3 Å². The second kappa shape index (κ2) is 5.45. The van der Waals surface area contributed by atoms with Crippen LogP contribution in [0.5, 0.6) is 0 Å². The van der Waals surface area contributed by atoms with E-state index in [0.717, 1.165) is 11.0 Å². The van der Waals surface area contributed by atoms with Crippen LogP contribution in [-0.4, -0.2) is 35.2 Å². The third-order valence-corrected chi connectivity index (χ3v) is 4.29. The lowest BCUT2D eigenvalue weighted by molar-refractivity contribution is -0.137. The number of benzene rings is 1. The highest BCUT2D eigenvalue weighted by Gasteiger charge is 2.51. The molecule has 0 radical (unpaired) electrons. The summed E-state index contributed by atoms with van der Waals surface area (Å²) < 4.78 is 52.4. The number of likely N-dealkylation sites (N-methyl/N-ethyl adjacent to an activating group) is 1. The van der Waals surface area contributed by atoms with Gasteiger partial charge in [-0.25, -0.2) is 4.39 Å². The molecule has 1 fully saturated rings. The third kappa shape index (κ3) is 2.53. The van der Waals surface area contributed by atoms with Crippen LogP contribution in [0.25, 0.3) is 0 Å². The van der Waals surface area contributed by atoms with Gasteiger partial charge in [0.05, 0.1) is 22.9 Å². The number of thiocarbonyl (C=S) groups is 1. The Morgan fingerprint density at radius 2 is 2.00 bits per heavy atom. The molecule has 122 valence electrons. The number of carbonyl (C=O) groups excluding carboxylic acids is 1. The molecule has 0 bridgehead atoms. The van der Waals surface area contributed by atoms with Gasteiger partial charge in [0, 0.05) is 7.05 Å². The van der Waals surface area contributed by atoms with Gasteiger partial charge < -0.3 is 4.90 Å². The van der Waals surface area contributed by atoms with Crippen LogP contribution in [0.3, 0.4) is 0 Å². The number of nitrogens with zero attached hydrogens (tertiary/aromatic N) is 3. The SMILES string of the molecule is CN1C(=S)N(c2ccc(C#N)c(C(F)(F)F)c2)C(=O)C1(C)CF. The summed E-state index contributed by atoms with van der Waals surface area (Å²) in [5, 5.41) is 8.69. The molecule has 1 saturated heterocycles. The van der Waals surface area contributed by atoms with Crippen molar-refractivity contribution in [3.63, 3.8) is 0 Å². The molecule has 1 aliphatic rings. The second-order valence-electron chi connectivity index (χ2n) is 5.23. The second-order valence-corrected chi connectivity index (χ2v) is 5.59. The summed E-state index contributed by atoms with van der Waals surface area (Å²) in [6.45, 7) is 0.275. The van der Waals surface area contributed by atoms with E-state index in [2.05, 4.69) is 0 Å². The molecule has 1 aliphatic heterocycles. The maximum absolute atomic E-state index is 13.3. The van der Waals surface area contributed by atoms with Crippen LogP contribution in [0.1, 0.15) is 18.1 Å². The van der Waals surface area contributed by atoms with E-state index in [4.69, 9.17) is 17.5 Å². The zero-order valence-corrected chi connectivity index (χ0v) is 12.9. The normalized spacial score (nSPS) is 21.8. The molecule has 0 saturated carbocycles. The molecular formula is C14H11F4N3OS. The minimum Gasteiger partial charge on any atom is -0.335 e. The number of anilines is 1. The van der Waals surface area contributed by atoms with E-state index in [1.807, 2.05) is 0 Å². The topological polar surface area (TPSA) is 47.3 Å². The van der Waals surface area contributed by atoms with Crippen molar-refractivity contribution < 1.29 is 22.4 Å². The van der Waals surface area contributed by atoms with Gasteiger partial charge >= 0.3 is 6.18 Å². The van der Waals surface area contributed by atoms with Crippen molar-refractivity contribution in [1.82, 2.24) is 4.90 Å². The molecule has 0 aromatic heterocycles. The summed E-state index contributed by atoms with van der Waals surface area (Å²) in [4.78, 5) is 14.5. The molecule has 0 N–H and O–H groups in total. The van der Waals surface area contributed by atoms with Crippen molar-refractivity contribution in [1.29, 1.82) is 5.26 Å². The maximum atomic E-state index is 13.3. The van der Waals surface area contributed by atoms with Crippen LogP contribution in [0.2, 0.25) is 0 Å². The minimum atomic E-state index is -4.76. The van der Waals surface area contributed by atoms with Gasteiger partial charge in [-0.1, -0.05) is 0 Å². The molecule has 0 aliphatic carbocycles. The minimum absolute atomic E-state index is 0.104. The zero-order valence-electron chi connectivity index (χ0n) is 12.1. The summed E-state index contributed by atoms with van der Waals surface area (Å²) in [5.74, 6) is -0.759. The fourth-order valence-electron chi connectivity index (χ4n) is 2.21. The molecule has 1 atom stereocenters. The van der Waals surface area contributed by atoms with E-state index in [1.54, 1.807) is 0 Å². The fraction of sp³-hybridized carbons (Fsp3) is 0.357. The quantitative estimate of drug-likeness (QED) is 0.611. The molecule has 1 unspecified atom stereocenters. The highest BCUT2D eigenvalue weighted by molar-refractivity contribution is 7.80. The lowest BCUT2D eigenvalue weighted by Crippen LogP contribution is -2.47. The van der Waals surface area contributed by atoms with Gasteiger partial charge in [0.1, 0.15) is 12.2 Å². The predicted molar refractivity (Wildman–Crippen MR) is 78.4 cm³/mol. The zero-order chi connectivity index (χ0) is 17.6. The monoisotopic (exact) mass is 345 g/mol. The highest BCUT2D eigenvalue weighted by atomic mass is 32.1. The number of nitriles is 1. The number of halogens is 4. The van der Waals surface area contributed by atoms with Gasteiger partial charge in [-0.2, -0.15) is 18.4 Å². The predicted octanol–water partition coefficient (Wildman–Crippen LogP) is 2.87. The molecule has 1 aromatic carbocycles. The van der Waals surface area contributed by atoms with Crippen molar-refractivity contribution >= 4 is 28.9 Å².